The molecule has 0 atom stereocenters. The van der Waals surface area contributed by atoms with Crippen molar-refractivity contribution in [2.24, 2.45) is 0 Å². The number of nitrogens with zero attached hydrogens (tertiary/aromatic N) is 3. The molecule has 2 aromatic heterocycles. The van der Waals surface area contributed by atoms with Gasteiger partial charge in [-0.05, 0) is 24.3 Å². The van der Waals surface area contributed by atoms with E-state index in [4.69, 9.17) is 11.6 Å². The Morgan fingerprint density at radius 2 is 1.90 bits per heavy atom. The van der Waals surface area contributed by atoms with Crippen LogP contribution < -0.4 is 5.32 Å². The number of benzene rings is 2. The molecule has 2 aromatic carbocycles. The minimum atomic E-state index is -2.66. The van der Waals surface area contributed by atoms with E-state index in [1.165, 1.54) is 12.4 Å². The molecule has 0 bridgehead atoms. The van der Waals surface area contributed by atoms with Crippen molar-refractivity contribution >= 4 is 28.4 Å². The number of aromatic nitrogens is 3. The van der Waals surface area contributed by atoms with Gasteiger partial charge in [-0.25, -0.2) is 9.97 Å². The molecule has 0 aliphatic rings. The predicted molar refractivity (Wildman–Crippen MR) is 112 cm³/mol. The lowest BCUT2D eigenvalue weighted by Crippen LogP contribution is -2.27. The molecule has 0 unspecified atom stereocenters. The van der Waals surface area contributed by atoms with Gasteiger partial charge in [-0.2, -0.15) is 8.78 Å². The van der Waals surface area contributed by atoms with E-state index in [9.17, 15) is 13.6 Å². The average Bonchev–Trinajstić information content (AvgIpc) is 3.22. The number of alkyl halides is 2. The molecule has 4 aromatic rings. The van der Waals surface area contributed by atoms with Crippen molar-refractivity contribution < 1.29 is 13.6 Å². The largest absolute Gasteiger partial charge is 0.352 e. The van der Waals surface area contributed by atoms with Gasteiger partial charge in [0.2, 0.25) is 0 Å². The number of pyridine rings is 1. The van der Waals surface area contributed by atoms with Crippen molar-refractivity contribution in [3.05, 3.63) is 83.4 Å². The number of hydrogen-bond acceptors (Lipinski definition) is 3. The number of amides is 1. The Balaban J connectivity index is 1.59. The fraction of sp³-hybridized carbons (Fsp3) is 0.136. The van der Waals surface area contributed by atoms with Crippen LogP contribution in [0.15, 0.2) is 67.0 Å². The molecular formula is C22H17ClF2N4O. The van der Waals surface area contributed by atoms with Crippen LogP contribution in [0.5, 0.6) is 0 Å². The van der Waals surface area contributed by atoms with Crippen LogP contribution in [0.4, 0.5) is 8.78 Å². The maximum absolute atomic E-state index is 12.9. The average molecular weight is 427 g/mol. The van der Waals surface area contributed by atoms with Crippen LogP contribution in [0.2, 0.25) is 5.02 Å². The van der Waals surface area contributed by atoms with Crippen LogP contribution in [-0.4, -0.2) is 27.0 Å². The molecule has 5 nitrogen and oxygen atoms in total. The highest BCUT2D eigenvalue weighted by Crippen LogP contribution is 2.26. The zero-order chi connectivity index (χ0) is 21.1. The Morgan fingerprint density at radius 3 is 2.67 bits per heavy atom. The van der Waals surface area contributed by atoms with Crippen molar-refractivity contribution in [2.75, 3.05) is 6.54 Å². The zero-order valence-electron chi connectivity index (χ0n) is 15.7. The molecule has 1 amide bonds. The third-order valence-corrected chi connectivity index (χ3v) is 4.95. The summed E-state index contributed by atoms with van der Waals surface area (Å²) in [5, 5.41) is 4.12. The van der Waals surface area contributed by atoms with Crippen LogP contribution in [-0.2, 0) is 6.42 Å². The van der Waals surface area contributed by atoms with Gasteiger partial charge in [0.1, 0.15) is 5.82 Å². The first-order valence-electron chi connectivity index (χ1n) is 9.27. The Bertz CT molecular complexity index is 1190. The molecule has 2 heterocycles. The highest BCUT2D eigenvalue weighted by Gasteiger charge is 2.15. The Kier molecular flexibility index (Phi) is 5.72. The molecule has 0 aliphatic heterocycles. The smallest absolute Gasteiger partial charge is 0.319 e. The second kappa shape index (κ2) is 8.59. The quantitative estimate of drug-likeness (QED) is 0.465. The SMILES string of the molecule is O=C(NCCc1nccn1C(F)F)c1cc(-c2ccc(Cl)cc2)nc2ccccc12. The number of imidazole rings is 1. The summed E-state index contributed by atoms with van der Waals surface area (Å²) in [7, 11) is 0. The summed E-state index contributed by atoms with van der Waals surface area (Å²) >= 11 is 5.97. The molecular weight excluding hydrogens is 410 g/mol. The topological polar surface area (TPSA) is 59.8 Å². The number of hydrogen-bond donors (Lipinski definition) is 1. The van der Waals surface area contributed by atoms with E-state index in [1.54, 1.807) is 18.2 Å². The summed E-state index contributed by atoms with van der Waals surface area (Å²) in [5.41, 5.74) is 2.62. The number of fused-ring (bicyclic) bond motifs is 1. The van der Waals surface area contributed by atoms with E-state index >= 15 is 0 Å². The van der Waals surface area contributed by atoms with Gasteiger partial charge in [0.25, 0.3) is 5.91 Å². The van der Waals surface area contributed by atoms with Crippen molar-refractivity contribution in [1.29, 1.82) is 0 Å². The molecule has 0 aliphatic carbocycles. The Hall–Kier alpha value is -3.32. The van der Waals surface area contributed by atoms with Gasteiger partial charge < -0.3 is 5.32 Å². The summed E-state index contributed by atoms with van der Waals surface area (Å²) in [6.45, 7) is -2.49. The van der Waals surface area contributed by atoms with Crippen molar-refractivity contribution in [2.45, 2.75) is 13.0 Å². The fourth-order valence-electron chi connectivity index (χ4n) is 3.23. The second-order valence-electron chi connectivity index (χ2n) is 6.61. The van der Waals surface area contributed by atoms with Crippen molar-refractivity contribution in [3.8, 4) is 11.3 Å². The summed E-state index contributed by atoms with van der Waals surface area (Å²) in [6, 6.07) is 16.3. The van der Waals surface area contributed by atoms with Crippen LogP contribution in [0.1, 0.15) is 22.7 Å². The standard InChI is InChI=1S/C22H17ClF2N4O/c23-15-7-5-14(6-8-15)19-13-17(16-3-1-2-4-18(16)28-19)21(30)27-10-9-20-26-11-12-29(20)22(24)25/h1-8,11-13,22H,9-10H2,(H,27,30). The molecule has 0 radical (unpaired) electrons. The minimum Gasteiger partial charge on any atom is -0.352 e. The van der Waals surface area contributed by atoms with Crippen LogP contribution in [0.3, 0.4) is 0 Å². The highest BCUT2D eigenvalue weighted by atomic mass is 35.5. The summed E-state index contributed by atoms with van der Waals surface area (Å²) in [4.78, 5) is 21.5. The van der Waals surface area contributed by atoms with E-state index in [-0.39, 0.29) is 24.7 Å². The third kappa shape index (κ3) is 4.16. The maximum Gasteiger partial charge on any atom is 0.319 e. The summed E-state index contributed by atoms with van der Waals surface area (Å²) < 4.78 is 26.7. The lowest BCUT2D eigenvalue weighted by molar-refractivity contribution is 0.0670. The first kappa shape index (κ1) is 20.0. The molecule has 152 valence electrons. The lowest BCUT2D eigenvalue weighted by atomic mass is 10.0. The number of carbonyl (C=O) groups is 1. The van der Waals surface area contributed by atoms with E-state index in [0.717, 1.165) is 10.1 Å². The number of para-hydroxylation sites is 1. The van der Waals surface area contributed by atoms with Gasteiger partial charge in [-0.15, -0.1) is 0 Å². The van der Waals surface area contributed by atoms with Gasteiger partial charge in [-0.3, -0.25) is 9.36 Å². The predicted octanol–water partition coefficient (Wildman–Crippen LogP) is 5.12. The third-order valence-electron chi connectivity index (χ3n) is 4.69. The van der Waals surface area contributed by atoms with E-state index in [2.05, 4.69) is 15.3 Å². The van der Waals surface area contributed by atoms with Crippen LogP contribution in [0, 0.1) is 0 Å². The maximum atomic E-state index is 12.9. The van der Waals surface area contributed by atoms with Gasteiger partial charge >= 0.3 is 6.55 Å². The van der Waals surface area contributed by atoms with E-state index in [0.29, 0.717) is 27.2 Å². The van der Waals surface area contributed by atoms with Crippen molar-refractivity contribution in [3.63, 3.8) is 0 Å². The number of carbonyl (C=O) groups excluding carboxylic acids is 1. The van der Waals surface area contributed by atoms with Crippen LogP contribution in [0.25, 0.3) is 22.2 Å². The fourth-order valence-corrected chi connectivity index (χ4v) is 3.36. The molecule has 0 saturated carbocycles. The molecule has 1 N–H and O–H groups in total. The van der Waals surface area contributed by atoms with Gasteiger partial charge in [0, 0.05) is 41.3 Å². The molecule has 30 heavy (non-hydrogen) atoms. The zero-order valence-corrected chi connectivity index (χ0v) is 16.5. The molecule has 0 spiro atoms. The van der Waals surface area contributed by atoms with E-state index in [1.807, 2.05) is 36.4 Å². The normalized spacial score (nSPS) is 11.2. The number of nitrogens with one attached hydrogen (secondary N) is 1. The Labute approximate surface area is 176 Å². The Morgan fingerprint density at radius 1 is 1.13 bits per heavy atom. The second-order valence-corrected chi connectivity index (χ2v) is 7.05. The van der Waals surface area contributed by atoms with Gasteiger partial charge in [0.15, 0.2) is 0 Å². The molecule has 8 heteroatoms. The van der Waals surface area contributed by atoms with Gasteiger partial charge in [-0.1, -0.05) is 41.9 Å². The first-order chi connectivity index (χ1) is 14.5. The molecule has 0 fully saturated rings. The first-order valence-corrected chi connectivity index (χ1v) is 9.64. The lowest BCUT2D eigenvalue weighted by Gasteiger charge is -2.11. The highest BCUT2D eigenvalue weighted by molar-refractivity contribution is 6.30. The van der Waals surface area contributed by atoms with Crippen molar-refractivity contribution in [1.82, 2.24) is 19.9 Å². The molecule has 0 saturated heterocycles. The van der Waals surface area contributed by atoms with Crippen LogP contribution >= 0.6 is 11.6 Å². The minimum absolute atomic E-state index is 0.176. The summed E-state index contributed by atoms with van der Waals surface area (Å²) in [6.07, 6.45) is 2.73. The summed E-state index contributed by atoms with van der Waals surface area (Å²) in [5.74, 6) is -0.0919. The number of rotatable bonds is 6. The van der Waals surface area contributed by atoms with Gasteiger partial charge in [0.05, 0.1) is 16.8 Å². The monoisotopic (exact) mass is 426 g/mol. The van der Waals surface area contributed by atoms with E-state index < -0.39 is 6.55 Å². The number of halogens is 3. The molecule has 4 rings (SSSR count).